The molecule has 0 amide bonds. The highest BCUT2D eigenvalue weighted by Gasteiger charge is 2.28. The van der Waals surface area contributed by atoms with Crippen LogP contribution in [0.3, 0.4) is 0 Å². The normalized spacial score (nSPS) is 23.9. The van der Waals surface area contributed by atoms with Crippen LogP contribution in [0.5, 0.6) is 0 Å². The highest BCUT2D eigenvalue weighted by atomic mass is 35.5. The van der Waals surface area contributed by atoms with E-state index in [0.29, 0.717) is 11.2 Å². The summed E-state index contributed by atoms with van der Waals surface area (Å²) in [5, 5.41) is 9.13. The number of ether oxygens (including phenoxy) is 2. The van der Waals surface area contributed by atoms with Gasteiger partial charge in [-0.2, -0.15) is 9.97 Å². The summed E-state index contributed by atoms with van der Waals surface area (Å²) < 4.78 is 12.3. The molecule has 18 heavy (non-hydrogen) atoms. The fourth-order valence-corrected chi connectivity index (χ4v) is 2.01. The third-order valence-corrected chi connectivity index (χ3v) is 2.85. The molecule has 0 spiro atoms. The van der Waals surface area contributed by atoms with E-state index < -0.39 is 12.5 Å². The highest BCUT2D eigenvalue weighted by molar-refractivity contribution is 6.33. The Kier molecular flexibility index (Phi) is 2.78. The maximum atomic E-state index is 8.94. The van der Waals surface area contributed by atoms with Gasteiger partial charge in [-0.25, -0.2) is 4.98 Å². The number of aromatic nitrogens is 4. The lowest BCUT2D eigenvalue weighted by atomic mass is 10.5. The Labute approximate surface area is 106 Å². The number of halogens is 1. The molecule has 1 aliphatic heterocycles. The topological polar surface area (TPSA) is 108 Å². The molecule has 0 bridgehead atoms. The van der Waals surface area contributed by atoms with Gasteiger partial charge in [0.05, 0.1) is 19.5 Å². The molecule has 3 N–H and O–H groups in total. The first kappa shape index (κ1) is 11.6. The van der Waals surface area contributed by atoms with Crippen molar-refractivity contribution in [3.05, 3.63) is 11.5 Å². The van der Waals surface area contributed by atoms with Crippen molar-refractivity contribution >= 4 is 28.7 Å². The largest absolute Gasteiger partial charge is 0.391 e. The van der Waals surface area contributed by atoms with Crippen LogP contribution in [-0.4, -0.2) is 44.1 Å². The third-order valence-electron chi connectivity index (χ3n) is 2.59. The summed E-state index contributed by atoms with van der Waals surface area (Å²) in [5.41, 5.74) is 6.46. The number of fused-ring (bicyclic) bond motifs is 1. The van der Waals surface area contributed by atoms with Gasteiger partial charge in [-0.3, -0.25) is 4.57 Å². The van der Waals surface area contributed by atoms with E-state index in [1.165, 1.54) is 6.33 Å². The molecule has 0 aromatic carbocycles. The first-order chi connectivity index (χ1) is 8.69. The quantitative estimate of drug-likeness (QED) is 0.736. The molecular formula is C9H10ClN5O3. The van der Waals surface area contributed by atoms with Crippen molar-refractivity contribution in [2.45, 2.75) is 12.5 Å². The van der Waals surface area contributed by atoms with Crippen molar-refractivity contribution in [2.75, 3.05) is 18.9 Å². The molecule has 96 valence electrons. The van der Waals surface area contributed by atoms with Gasteiger partial charge < -0.3 is 20.3 Å². The van der Waals surface area contributed by atoms with Crippen molar-refractivity contribution in [3.8, 4) is 0 Å². The number of hydrogen-bond donors (Lipinski definition) is 2. The molecule has 3 rings (SSSR count). The van der Waals surface area contributed by atoms with Crippen molar-refractivity contribution in [1.82, 2.24) is 19.5 Å². The standard InChI is InChI=1S/C9H10ClN5O3/c10-7-6-8(14-9(11)13-7)15(3-12-6)4-2-17-5(1-16)18-4/h3-5,16H,1-2H2,(H2,11,13,14)/t4-,5+/m1/s1. The number of aliphatic hydroxyl groups is 1. The van der Waals surface area contributed by atoms with Crippen LogP contribution in [0.25, 0.3) is 11.2 Å². The number of imidazole rings is 1. The van der Waals surface area contributed by atoms with Crippen LogP contribution in [0.1, 0.15) is 6.23 Å². The second kappa shape index (κ2) is 4.32. The number of rotatable bonds is 2. The Bertz CT molecular complexity index is 589. The summed E-state index contributed by atoms with van der Waals surface area (Å²) in [7, 11) is 0. The lowest BCUT2D eigenvalue weighted by molar-refractivity contribution is -0.0980. The Morgan fingerprint density at radius 2 is 2.39 bits per heavy atom. The van der Waals surface area contributed by atoms with Gasteiger partial charge in [-0.15, -0.1) is 0 Å². The summed E-state index contributed by atoms with van der Waals surface area (Å²) in [4.78, 5) is 12.0. The summed E-state index contributed by atoms with van der Waals surface area (Å²) >= 11 is 5.92. The van der Waals surface area contributed by atoms with Crippen molar-refractivity contribution in [1.29, 1.82) is 0 Å². The monoisotopic (exact) mass is 271 g/mol. The second-order valence-electron chi connectivity index (χ2n) is 3.73. The molecule has 1 fully saturated rings. The first-order valence-corrected chi connectivity index (χ1v) is 5.60. The van der Waals surface area contributed by atoms with Crippen molar-refractivity contribution < 1.29 is 14.6 Å². The van der Waals surface area contributed by atoms with Crippen molar-refractivity contribution in [3.63, 3.8) is 0 Å². The van der Waals surface area contributed by atoms with Crippen LogP contribution in [0.2, 0.25) is 5.15 Å². The Balaban J connectivity index is 2.03. The molecule has 8 nitrogen and oxygen atoms in total. The highest BCUT2D eigenvalue weighted by Crippen LogP contribution is 2.26. The molecule has 1 saturated heterocycles. The molecule has 0 radical (unpaired) electrons. The number of anilines is 1. The zero-order chi connectivity index (χ0) is 12.7. The van der Waals surface area contributed by atoms with Crippen LogP contribution in [0.15, 0.2) is 6.33 Å². The van der Waals surface area contributed by atoms with Crippen LogP contribution < -0.4 is 5.73 Å². The molecule has 9 heteroatoms. The smallest absolute Gasteiger partial charge is 0.223 e. The first-order valence-electron chi connectivity index (χ1n) is 5.22. The molecule has 0 aliphatic carbocycles. The molecule has 3 heterocycles. The van der Waals surface area contributed by atoms with Crippen LogP contribution in [0, 0.1) is 0 Å². The van der Waals surface area contributed by atoms with E-state index in [-0.39, 0.29) is 24.3 Å². The van der Waals surface area contributed by atoms with Gasteiger partial charge in [0.25, 0.3) is 0 Å². The fraction of sp³-hybridized carbons (Fsp3) is 0.444. The summed E-state index contributed by atoms with van der Waals surface area (Å²) in [6, 6.07) is 0. The third kappa shape index (κ3) is 1.79. The van der Waals surface area contributed by atoms with E-state index in [2.05, 4.69) is 15.0 Å². The van der Waals surface area contributed by atoms with Crippen LogP contribution in [-0.2, 0) is 9.47 Å². The molecular weight excluding hydrogens is 262 g/mol. The molecule has 0 saturated carbocycles. The minimum Gasteiger partial charge on any atom is -0.391 e. The Morgan fingerprint density at radius 1 is 1.56 bits per heavy atom. The van der Waals surface area contributed by atoms with Gasteiger partial charge in [0.2, 0.25) is 5.95 Å². The lowest BCUT2D eigenvalue weighted by Gasteiger charge is -2.11. The minimum absolute atomic E-state index is 0.0619. The zero-order valence-corrected chi connectivity index (χ0v) is 9.91. The van der Waals surface area contributed by atoms with E-state index in [1.54, 1.807) is 4.57 Å². The predicted octanol–water partition coefficient (Wildman–Crippen LogP) is -0.0743. The fourth-order valence-electron chi connectivity index (χ4n) is 1.79. The van der Waals surface area contributed by atoms with Gasteiger partial charge in [-0.05, 0) is 0 Å². The molecule has 2 aromatic heterocycles. The van der Waals surface area contributed by atoms with Crippen LogP contribution in [0.4, 0.5) is 5.95 Å². The zero-order valence-electron chi connectivity index (χ0n) is 9.15. The van der Waals surface area contributed by atoms with Crippen molar-refractivity contribution in [2.24, 2.45) is 0 Å². The number of nitrogen functional groups attached to an aromatic ring is 1. The van der Waals surface area contributed by atoms with Gasteiger partial charge in [0, 0.05) is 0 Å². The van der Waals surface area contributed by atoms with Gasteiger partial charge in [0.15, 0.2) is 23.3 Å². The maximum Gasteiger partial charge on any atom is 0.223 e. The molecule has 2 atom stereocenters. The number of nitrogens with two attached hydrogens (primary N) is 1. The minimum atomic E-state index is -0.637. The summed E-state index contributed by atoms with van der Waals surface area (Å²) in [6.07, 6.45) is 0.470. The summed E-state index contributed by atoms with van der Waals surface area (Å²) in [6.45, 7) is 0.0826. The van der Waals surface area contributed by atoms with E-state index in [9.17, 15) is 0 Å². The second-order valence-corrected chi connectivity index (χ2v) is 4.09. The molecule has 2 aromatic rings. The molecule has 1 aliphatic rings. The van der Waals surface area contributed by atoms with E-state index in [4.69, 9.17) is 31.9 Å². The predicted molar refractivity (Wildman–Crippen MR) is 61.7 cm³/mol. The lowest BCUT2D eigenvalue weighted by Crippen LogP contribution is -2.15. The van der Waals surface area contributed by atoms with Crippen LogP contribution >= 0.6 is 11.6 Å². The Hall–Kier alpha value is -1.48. The Morgan fingerprint density at radius 3 is 3.11 bits per heavy atom. The van der Waals surface area contributed by atoms with Gasteiger partial charge in [-0.1, -0.05) is 11.6 Å². The number of aliphatic hydroxyl groups excluding tert-OH is 1. The number of hydrogen-bond acceptors (Lipinski definition) is 7. The van der Waals surface area contributed by atoms with E-state index in [0.717, 1.165) is 0 Å². The van der Waals surface area contributed by atoms with Gasteiger partial charge >= 0.3 is 0 Å². The van der Waals surface area contributed by atoms with E-state index >= 15 is 0 Å². The SMILES string of the molecule is Nc1nc(Cl)c2ncn([C@H]3CO[C@H](CO)O3)c2n1. The average Bonchev–Trinajstić information content (AvgIpc) is 2.93. The van der Waals surface area contributed by atoms with Gasteiger partial charge in [0.1, 0.15) is 5.52 Å². The maximum absolute atomic E-state index is 8.94. The summed E-state index contributed by atoms with van der Waals surface area (Å²) in [5.74, 6) is 0.0619. The average molecular weight is 272 g/mol. The number of nitrogens with zero attached hydrogens (tertiary/aromatic N) is 4. The molecule has 0 unspecified atom stereocenters. The van der Waals surface area contributed by atoms with E-state index in [1.807, 2.05) is 0 Å².